The Hall–Kier alpha value is -1.82. The molecule has 6 heteroatoms. The van der Waals surface area contributed by atoms with E-state index in [0.29, 0.717) is 18.7 Å². The Kier molecular flexibility index (Phi) is 5.17. The summed E-state index contributed by atoms with van der Waals surface area (Å²) >= 11 is 0. The number of rotatable bonds is 5. The first kappa shape index (κ1) is 14.6. The lowest BCUT2D eigenvalue weighted by Gasteiger charge is -2.35. The van der Waals surface area contributed by atoms with E-state index >= 15 is 0 Å². The molecule has 0 aromatic carbocycles. The van der Waals surface area contributed by atoms with Crippen molar-refractivity contribution in [3.63, 3.8) is 0 Å². The number of nitrogens with two attached hydrogens (primary N) is 1. The summed E-state index contributed by atoms with van der Waals surface area (Å²) in [5, 5.41) is 2.83. The van der Waals surface area contributed by atoms with Crippen molar-refractivity contribution in [1.82, 2.24) is 15.2 Å². The number of carbonyl (C=O) groups is 1. The maximum atomic E-state index is 11.4. The molecule has 2 rings (SSSR count). The monoisotopic (exact) mass is 277 g/mol. The van der Waals surface area contributed by atoms with Gasteiger partial charge < -0.3 is 16.0 Å². The third kappa shape index (κ3) is 4.09. The van der Waals surface area contributed by atoms with E-state index in [9.17, 15) is 4.79 Å². The molecule has 1 aromatic heterocycles. The lowest BCUT2D eigenvalue weighted by Crippen LogP contribution is -2.47. The van der Waals surface area contributed by atoms with Crippen LogP contribution in [0, 0.1) is 0 Å². The maximum Gasteiger partial charge on any atom is 0.221 e. The first-order valence-corrected chi connectivity index (χ1v) is 7.14. The quantitative estimate of drug-likeness (QED) is 0.810. The molecular weight excluding hydrogens is 254 g/mol. The molecule has 0 unspecified atom stereocenters. The summed E-state index contributed by atoms with van der Waals surface area (Å²) < 4.78 is 0. The summed E-state index contributed by atoms with van der Waals surface area (Å²) in [6, 6.07) is 3.84. The normalized spacial score (nSPS) is 16.1. The van der Waals surface area contributed by atoms with Gasteiger partial charge >= 0.3 is 0 Å². The zero-order valence-corrected chi connectivity index (χ0v) is 12.0. The minimum Gasteiger partial charge on any atom is -0.397 e. The number of piperazine rings is 1. The highest BCUT2D eigenvalue weighted by Crippen LogP contribution is 2.14. The van der Waals surface area contributed by atoms with E-state index in [4.69, 9.17) is 5.73 Å². The molecular formula is C14H23N5O. The minimum absolute atomic E-state index is 0.134. The van der Waals surface area contributed by atoms with Crippen molar-refractivity contribution in [1.29, 1.82) is 0 Å². The molecule has 0 radical (unpaired) electrons. The number of nitrogens with zero attached hydrogens (tertiary/aromatic N) is 3. The number of anilines is 2. The molecule has 1 aliphatic rings. The lowest BCUT2D eigenvalue weighted by molar-refractivity contribution is -0.121. The van der Waals surface area contributed by atoms with E-state index in [2.05, 4.69) is 20.1 Å². The van der Waals surface area contributed by atoms with Gasteiger partial charge in [-0.15, -0.1) is 0 Å². The van der Waals surface area contributed by atoms with Crippen LogP contribution >= 0.6 is 0 Å². The number of nitrogen functional groups attached to an aromatic ring is 1. The molecule has 0 spiro atoms. The summed E-state index contributed by atoms with van der Waals surface area (Å²) in [7, 11) is 0. The molecule has 0 aliphatic carbocycles. The fraction of sp³-hybridized carbons (Fsp3) is 0.571. The molecule has 1 saturated heterocycles. The van der Waals surface area contributed by atoms with Gasteiger partial charge in [-0.1, -0.05) is 0 Å². The maximum absolute atomic E-state index is 11.4. The highest BCUT2D eigenvalue weighted by Gasteiger charge is 2.18. The van der Waals surface area contributed by atoms with Crippen LogP contribution in [0.1, 0.15) is 13.3 Å². The number of carbonyl (C=O) groups excluding carboxylic acids is 1. The number of aromatic nitrogens is 1. The molecule has 20 heavy (non-hydrogen) atoms. The third-order valence-electron chi connectivity index (χ3n) is 3.50. The molecule has 1 amide bonds. The minimum atomic E-state index is 0.134. The Bertz CT molecular complexity index is 426. The van der Waals surface area contributed by atoms with Gasteiger partial charge in [0.15, 0.2) is 0 Å². The summed E-state index contributed by atoms with van der Waals surface area (Å²) in [6.07, 6.45) is 2.27. The molecule has 2 heterocycles. The Labute approximate surface area is 120 Å². The Morgan fingerprint density at radius 2 is 2.10 bits per heavy atom. The van der Waals surface area contributed by atoms with Crippen LogP contribution in [0.5, 0.6) is 0 Å². The molecule has 110 valence electrons. The van der Waals surface area contributed by atoms with Gasteiger partial charge in [-0.05, 0) is 19.1 Å². The van der Waals surface area contributed by atoms with E-state index in [1.54, 1.807) is 6.20 Å². The highest BCUT2D eigenvalue weighted by molar-refractivity contribution is 5.75. The highest BCUT2D eigenvalue weighted by atomic mass is 16.1. The van der Waals surface area contributed by atoms with E-state index in [1.165, 1.54) is 0 Å². The number of hydrogen-bond donors (Lipinski definition) is 2. The second-order valence-electron chi connectivity index (χ2n) is 4.98. The number of pyridine rings is 1. The van der Waals surface area contributed by atoms with Crippen molar-refractivity contribution < 1.29 is 4.79 Å². The molecule has 3 N–H and O–H groups in total. The summed E-state index contributed by atoms with van der Waals surface area (Å²) in [5.41, 5.74) is 6.33. The number of amides is 1. The zero-order valence-electron chi connectivity index (χ0n) is 12.0. The molecule has 1 aliphatic heterocycles. The smallest absolute Gasteiger partial charge is 0.221 e. The zero-order chi connectivity index (χ0) is 14.4. The second kappa shape index (κ2) is 7.09. The van der Waals surface area contributed by atoms with E-state index in [1.807, 2.05) is 19.1 Å². The standard InChI is InChI=1S/C14H23N5O/c1-2-16-14(20)5-6-18-7-9-19(10-8-18)13-4-3-12(15)11-17-13/h3-4,11H,2,5-10,15H2,1H3,(H,16,20). The lowest BCUT2D eigenvalue weighted by atomic mass is 10.2. The van der Waals surface area contributed by atoms with Crippen LogP contribution in [0.2, 0.25) is 0 Å². The van der Waals surface area contributed by atoms with E-state index in [-0.39, 0.29) is 5.91 Å². The van der Waals surface area contributed by atoms with Gasteiger partial charge in [0, 0.05) is 45.7 Å². The van der Waals surface area contributed by atoms with Crippen molar-refractivity contribution in [3.05, 3.63) is 18.3 Å². The van der Waals surface area contributed by atoms with Gasteiger partial charge in [0.1, 0.15) is 5.82 Å². The van der Waals surface area contributed by atoms with Crippen LogP contribution in [0.25, 0.3) is 0 Å². The predicted molar refractivity (Wildman–Crippen MR) is 80.6 cm³/mol. The van der Waals surface area contributed by atoms with Crippen LogP contribution in [0.4, 0.5) is 11.5 Å². The summed E-state index contributed by atoms with van der Waals surface area (Å²) in [6.45, 7) is 7.27. The van der Waals surface area contributed by atoms with Gasteiger partial charge in [-0.2, -0.15) is 0 Å². The SMILES string of the molecule is CCNC(=O)CCN1CCN(c2ccc(N)cn2)CC1. The van der Waals surface area contributed by atoms with E-state index in [0.717, 1.165) is 38.5 Å². The van der Waals surface area contributed by atoms with Gasteiger partial charge in [0.25, 0.3) is 0 Å². The van der Waals surface area contributed by atoms with Crippen LogP contribution in [-0.2, 0) is 4.79 Å². The average Bonchev–Trinajstić information content (AvgIpc) is 2.47. The van der Waals surface area contributed by atoms with Crippen LogP contribution in [0.3, 0.4) is 0 Å². The molecule has 0 saturated carbocycles. The molecule has 1 aromatic rings. The second-order valence-corrected chi connectivity index (χ2v) is 4.98. The summed E-state index contributed by atoms with van der Waals surface area (Å²) in [5.74, 6) is 1.11. The van der Waals surface area contributed by atoms with Gasteiger partial charge in [0.2, 0.25) is 5.91 Å². The molecule has 0 atom stereocenters. The number of nitrogens with one attached hydrogen (secondary N) is 1. The fourth-order valence-electron chi connectivity index (χ4n) is 2.33. The first-order valence-electron chi connectivity index (χ1n) is 7.14. The Morgan fingerprint density at radius 1 is 1.35 bits per heavy atom. The van der Waals surface area contributed by atoms with Crippen molar-refractivity contribution in [2.45, 2.75) is 13.3 Å². The fourth-order valence-corrected chi connectivity index (χ4v) is 2.33. The third-order valence-corrected chi connectivity index (χ3v) is 3.50. The van der Waals surface area contributed by atoms with Crippen molar-refractivity contribution in [3.8, 4) is 0 Å². The first-order chi connectivity index (χ1) is 9.69. The topological polar surface area (TPSA) is 74.5 Å². The van der Waals surface area contributed by atoms with Gasteiger partial charge in [-0.3, -0.25) is 9.69 Å². The van der Waals surface area contributed by atoms with Crippen molar-refractivity contribution >= 4 is 17.4 Å². The van der Waals surface area contributed by atoms with Crippen molar-refractivity contribution in [2.24, 2.45) is 0 Å². The van der Waals surface area contributed by atoms with Crippen LogP contribution in [0.15, 0.2) is 18.3 Å². The summed E-state index contributed by atoms with van der Waals surface area (Å²) in [4.78, 5) is 20.4. The van der Waals surface area contributed by atoms with Crippen LogP contribution < -0.4 is 16.0 Å². The largest absolute Gasteiger partial charge is 0.397 e. The molecule has 0 bridgehead atoms. The van der Waals surface area contributed by atoms with Crippen LogP contribution in [-0.4, -0.2) is 55.1 Å². The van der Waals surface area contributed by atoms with Gasteiger partial charge in [-0.25, -0.2) is 4.98 Å². The van der Waals surface area contributed by atoms with Crippen molar-refractivity contribution in [2.75, 3.05) is 49.9 Å². The molecule has 6 nitrogen and oxygen atoms in total. The average molecular weight is 277 g/mol. The number of hydrogen-bond acceptors (Lipinski definition) is 5. The Balaban J connectivity index is 1.75. The Morgan fingerprint density at radius 3 is 2.70 bits per heavy atom. The predicted octanol–water partition coefficient (Wildman–Crippen LogP) is 0.312. The van der Waals surface area contributed by atoms with Gasteiger partial charge in [0.05, 0.1) is 11.9 Å². The van der Waals surface area contributed by atoms with E-state index < -0.39 is 0 Å². The molecule has 1 fully saturated rings.